The van der Waals surface area contributed by atoms with Crippen LogP contribution in [0.1, 0.15) is 30.1 Å². The number of amides is 2. The Hall–Kier alpha value is -5.69. The summed E-state index contributed by atoms with van der Waals surface area (Å²) in [6.07, 6.45) is -0.0795. The van der Waals surface area contributed by atoms with Crippen molar-refractivity contribution in [3.8, 4) is 22.6 Å². The first-order chi connectivity index (χ1) is 25.7. The molecule has 2 heterocycles. The Bertz CT molecular complexity index is 2060. The van der Waals surface area contributed by atoms with E-state index in [0.29, 0.717) is 54.9 Å². The van der Waals surface area contributed by atoms with Crippen molar-refractivity contribution in [3.05, 3.63) is 125 Å². The Balaban J connectivity index is 0.884. The minimum atomic E-state index is -0.878. The number of ether oxygens (including phenoxy) is 2. The Morgan fingerprint density at radius 3 is 2.55 bits per heavy atom. The van der Waals surface area contributed by atoms with Crippen LogP contribution in [0.2, 0.25) is 0 Å². The number of likely N-dealkylation sites (tertiary alicyclic amines) is 1. The molecule has 1 aromatic heterocycles. The van der Waals surface area contributed by atoms with Gasteiger partial charge in [-0.3, -0.25) is 14.9 Å². The van der Waals surface area contributed by atoms with Gasteiger partial charge in [-0.05, 0) is 59.9 Å². The number of aliphatic hydroxyl groups excluding tert-OH is 1. The SMILES string of the molecule is CN(CCN1CCC(OC(=O)Nc2ccccc2-c2ccccc2)CC1)C(=O)COc1cccc(CNC[C@H](O)c2ccc(O)c3[nH]c(=O)ccc23)c1. The summed E-state index contributed by atoms with van der Waals surface area (Å²) in [5.74, 6) is 0.371. The lowest BCUT2D eigenvalue weighted by Gasteiger charge is -2.32. The number of pyridine rings is 1. The number of aromatic amines is 1. The molecular formula is C41H45N5O7. The standard InChI is InChI=1S/C41H45N5O7/c1-45(22-23-46-20-18-30(19-21-46)53-41(51)43-35-13-6-5-12-32(35)29-9-3-2-4-10-29)39(50)27-52-31-11-7-8-28(24-31)25-42-26-37(48)33-14-16-36(47)40-34(33)15-17-38(49)44-40/h2-17,24,30,37,42,47-48H,18-23,25-27H2,1H3,(H,43,51)(H,44,49)/t37-/m0/s1. The lowest BCUT2D eigenvalue weighted by molar-refractivity contribution is -0.132. The molecule has 276 valence electrons. The van der Waals surface area contributed by atoms with Crippen LogP contribution in [0, 0.1) is 0 Å². The van der Waals surface area contributed by atoms with Crippen molar-refractivity contribution in [1.82, 2.24) is 20.1 Å². The average Bonchev–Trinajstić information content (AvgIpc) is 3.17. The number of benzene rings is 4. The number of carbonyl (C=O) groups excluding carboxylic acids is 2. The molecule has 0 unspecified atom stereocenters. The summed E-state index contributed by atoms with van der Waals surface area (Å²) >= 11 is 0. The molecule has 5 aromatic rings. The van der Waals surface area contributed by atoms with E-state index in [9.17, 15) is 24.6 Å². The maximum atomic E-state index is 12.9. The molecule has 12 nitrogen and oxygen atoms in total. The number of hydrogen-bond donors (Lipinski definition) is 5. The van der Waals surface area contributed by atoms with Crippen molar-refractivity contribution in [1.29, 1.82) is 0 Å². The Morgan fingerprint density at radius 1 is 0.962 bits per heavy atom. The van der Waals surface area contributed by atoms with E-state index in [-0.39, 0.29) is 42.0 Å². The number of anilines is 1. The van der Waals surface area contributed by atoms with Crippen molar-refractivity contribution in [2.24, 2.45) is 0 Å². The molecular weight excluding hydrogens is 674 g/mol. The van der Waals surface area contributed by atoms with E-state index in [1.807, 2.05) is 72.8 Å². The number of H-pyrrole nitrogens is 1. The van der Waals surface area contributed by atoms with Gasteiger partial charge >= 0.3 is 6.09 Å². The number of aromatic nitrogens is 1. The predicted octanol–water partition coefficient (Wildman–Crippen LogP) is 5.27. The number of phenolic OH excluding ortho intramolecular Hbond substituents is 1. The highest BCUT2D eigenvalue weighted by Gasteiger charge is 2.23. The molecule has 1 aliphatic heterocycles. The number of piperidine rings is 1. The summed E-state index contributed by atoms with van der Waals surface area (Å²) in [6, 6.07) is 31.0. The summed E-state index contributed by atoms with van der Waals surface area (Å²) in [6.45, 7) is 3.37. The molecule has 0 radical (unpaired) electrons. The molecule has 1 fully saturated rings. The number of fused-ring (bicyclic) bond motifs is 1. The number of rotatable bonds is 14. The highest BCUT2D eigenvalue weighted by molar-refractivity contribution is 5.91. The summed E-state index contributed by atoms with van der Waals surface area (Å²) in [5.41, 5.74) is 4.10. The minimum absolute atomic E-state index is 0.0595. The molecule has 6 rings (SSSR count). The molecule has 53 heavy (non-hydrogen) atoms. The zero-order chi connectivity index (χ0) is 37.2. The summed E-state index contributed by atoms with van der Waals surface area (Å²) < 4.78 is 11.6. The molecule has 2 amide bonds. The number of aromatic hydroxyl groups is 1. The van der Waals surface area contributed by atoms with Gasteiger partial charge in [-0.1, -0.05) is 66.7 Å². The summed E-state index contributed by atoms with van der Waals surface area (Å²) in [5, 5.41) is 27.7. The van der Waals surface area contributed by atoms with Gasteiger partial charge in [0, 0.05) is 63.3 Å². The third kappa shape index (κ3) is 10.0. The number of aliphatic hydroxyl groups is 1. The third-order valence-corrected chi connectivity index (χ3v) is 9.43. The smallest absolute Gasteiger partial charge is 0.411 e. The minimum Gasteiger partial charge on any atom is -0.506 e. The van der Waals surface area contributed by atoms with Crippen molar-refractivity contribution >= 4 is 28.6 Å². The van der Waals surface area contributed by atoms with Gasteiger partial charge in [0.2, 0.25) is 5.56 Å². The second-order valence-electron chi connectivity index (χ2n) is 13.2. The van der Waals surface area contributed by atoms with E-state index >= 15 is 0 Å². The van der Waals surface area contributed by atoms with Crippen LogP contribution in [0.15, 0.2) is 108 Å². The highest BCUT2D eigenvalue weighted by atomic mass is 16.6. The highest BCUT2D eigenvalue weighted by Crippen LogP contribution is 2.29. The largest absolute Gasteiger partial charge is 0.506 e. The topological polar surface area (TPSA) is 156 Å². The van der Waals surface area contributed by atoms with Crippen LogP contribution < -0.4 is 20.9 Å². The first-order valence-electron chi connectivity index (χ1n) is 17.8. The maximum Gasteiger partial charge on any atom is 0.411 e. The van der Waals surface area contributed by atoms with Gasteiger partial charge in [0.05, 0.1) is 17.3 Å². The molecule has 5 N–H and O–H groups in total. The number of hydrogen-bond acceptors (Lipinski definition) is 9. The van der Waals surface area contributed by atoms with Crippen LogP contribution in [0.25, 0.3) is 22.0 Å². The maximum absolute atomic E-state index is 12.9. The molecule has 4 aromatic carbocycles. The van der Waals surface area contributed by atoms with E-state index in [1.54, 1.807) is 30.1 Å². The van der Waals surface area contributed by atoms with E-state index in [4.69, 9.17) is 9.47 Å². The zero-order valence-electron chi connectivity index (χ0n) is 29.7. The van der Waals surface area contributed by atoms with Crippen LogP contribution in [-0.4, -0.2) is 89.5 Å². The van der Waals surface area contributed by atoms with Gasteiger partial charge in [-0.2, -0.15) is 0 Å². The molecule has 0 saturated carbocycles. The number of nitrogens with one attached hydrogen (secondary N) is 3. The summed E-state index contributed by atoms with van der Waals surface area (Å²) in [4.78, 5) is 43.9. The van der Waals surface area contributed by atoms with Gasteiger partial charge in [-0.25, -0.2) is 4.79 Å². The van der Waals surface area contributed by atoms with Crippen LogP contribution >= 0.6 is 0 Å². The van der Waals surface area contributed by atoms with E-state index in [1.165, 1.54) is 12.1 Å². The quantitative estimate of drug-likeness (QED) is 0.103. The summed E-state index contributed by atoms with van der Waals surface area (Å²) in [7, 11) is 1.76. The second kappa shape index (κ2) is 17.7. The third-order valence-electron chi connectivity index (χ3n) is 9.43. The predicted molar refractivity (Wildman–Crippen MR) is 204 cm³/mol. The molecule has 1 aliphatic rings. The first-order valence-corrected chi connectivity index (χ1v) is 17.8. The van der Waals surface area contributed by atoms with Crippen LogP contribution in [0.3, 0.4) is 0 Å². The number of phenols is 1. The monoisotopic (exact) mass is 719 g/mol. The van der Waals surface area contributed by atoms with Crippen LogP contribution in [0.5, 0.6) is 11.5 Å². The normalized spacial score (nSPS) is 14.1. The van der Waals surface area contributed by atoms with Gasteiger partial charge in [-0.15, -0.1) is 0 Å². The van der Waals surface area contributed by atoms with Crippen molar-refractivity contribution in [2.75, 3.05) is 51.7 Å². The molecule has 1 saturated heterocycles. The number of para-hydroxylation sites is 1. The Kier molecular flexibility index (Phi) is 12.4. The number of carbonyl (C=O) groups is 2. The van der Waals surface area contributed by atoms with E-state index in [0.717, 1.165) is 29.8 Å². The Morgan fingerprint density at radius 2 is 1.74 bits per heavy atom. The number of likely N-dealkylation sites (N-methyl/N-ethyl adjacent to an activating group) is 1. The van der Waals surface area contributed by atoms with Gasteiger partial charge in [0.1, 0.15) is 17.6 Å². The fraction of sp³-hybridized carbons (Fsp3) is 0.293. The molecule has 0 aliphatic carbocycles. The zero-order valence-corrected chi connectivity index (χ0v) is 29.7. The number of nitrogens with zero attached hydrogens (tertiary/aromatic N) is 2. The fourth-order valence-electron chi connectivity index (χ4n) is 6.43. The molecule has 1 atom stereocenters. The van der Waals surface area contributed by atoms with E-state index < -0.39 is 12.2 Å². The Labute approximate surface area is 308 Å². The molecule has 0 bridgehead atoms. The van der Waals surface area contributed by atoms with Gasteiger partial charge < -0.3 is 39.8 Å². The van der Waals surface area contributed by atoms with Crippen molar-refractivity contribution in [3.63, 3.8) is 0 Å². The fourth-order valence-corrected chi connectivity index (χ4v) is 6.43. The van der Waals surface area contributed by atoms with Crippen molar-refractivity contribution in [2.45, 2.75) is 31.6 Å². The molecule has 12 heteroatoms. The van der Waals surface area contributed by atoms with Gasteiger partial charge in [0.25, 0.3) is 5.91 Å². The second-order valence-corrected chi connectivity index (χ2v) is 13.2. The lowest BCUT2D eigenvalue weighted by Crippen LogP contribution is -2.43. The molecule has 0 spiro atoms. The first kappa shape index (κ1) is 37.1. The average molecular weight is 720 g/mol. The van der Waals surface area contributed by atoms with Gasteiger partial charge in [0.15, 0.2) is 6.61 Å². The van der Waals surface area contributed by atoms with E-state index in [2.05, 4.69) is 20.5 Å². The lowest BCUT2D eigenvalue weighted by atomic mass is 10.0. The van der Waals surface area contributed by atoms with Crippen molar-refractivity contribution < 1.29 is 29.3 Å². The van der Waals surface area contributed by atoms with Crippen LogP contribution in [-0.2, 0) is 16.1 Å². The van der Waals surface area contributed by atoms with Crippen LogP contribution in [0.4, 0.5) is 10.5 Å².